The normalized spacial score (nSPS) is 23.4. The van der Waals surface area contributed by atoms with E-state index in [1.165, 1.54) is 18.3 Å². The van der Waals surface area contributed by atoms with E-state index in [1.807, 2.05) is 4.90 Å². The number of likely N-dealkylation sites (tertiary alicyclic amines) is 1. The van der Waals surface area contributed by atoms with E-state index in [4.69, 9.17) is 11.6 Å². The van der Waals surface area contributed by atoms with Crippen LogP contribution in [0, 0.1) is 5.82 Å². The Kier molecular flexibility index (Phi) is 3.93. The Morgan fingerprint density at radius 2 is 2.33 bits per heavy atom. The van der Waals surface area contributed by atoms with Gasteiger partial charge in [-0.3, -0.25) is 4.90 Å². The third kappa shape index (κ3) is 3.07. The van der Waals surface area contributed by atoms with Crippen molar-refractivity contribution in [2.75, 3.05) is 13.1 Å². The molecule has 1 fully saturated rings. The summed E-state index contributed by atoms with van der Waals surface area (Å²) in [6, 6.07) is 4.52. The fraction of sp³-hybridized carbons (Fsp3) is 0.429. The lowest BCUT2D eigenvalue weighted by molar-refractivity contribution is -0.0416. The van der Waals surface area contributed by atoms with Crippen LogP contribution in [0.3, 0.4) is 0 Å². The maximum atomic E-state index is 13.8. The predicted octanol–water partition coefficient (Wildman–Crippen LogP) is 2.08. The number of aromatic amines is 1. The fourth-order valence-corrected chi connectivity index (χ4v) is 2.99. The van der Waals surface area contributed by atoms with Crippen LogP contribution in [0.2, 0.25) is 5.02 Å². The van der Waals surface area contributed by atoms with Crippen LogP contribution in [-0.4, -0.2) is 38.5 Å². The maximum absolute atomic E-state index is 13.8. The second-order valence-electron chi connectivity index (χ2n) is 5.44. The number of hydrogen-bond donors (Lipinski definition) is 2. The number of piperidine rings is 1. The SMILES string of the molecule is O[C@]1(c2cn[nH]n2)CCCN(Cc2cc(Cl)ccc2F)C1. The molecule has 1 atom stereocenters. The summed E-state index contributed by atoms with van der Waals surface area (Å²) in [6.45, 7) is 1.60. The monoisotopic (exact) mass is 310 g/mol. The van der Waals surface area contributed by atoms with Crippen molar-refractivity contribution in [3.63, 3.8) is 0 Å². The third-order valence-corrected chi connectivity index (χ3v) is 4.08. The molecule has 1 aliphatic rings. The molecule has 2 heterocycles. The zero-order valence-corrected chi connectivity index (χ0v) is 12.1. The lowest BCUT2D eigenvalue weighted by Crippen LogP contribution is -2.46. The van der Waals surface area contributed by atoms with Gasteiger partial charge in [-0.1, -0.05) is 11.6 Å². The van der Waals surface area contributed by atoms with Crippen molar-refractivity contribution >= 4 is 11.6 Å². The molecule has 21 heavy (non-hydrogen) atoms. The number of β-amino-alcohol motifs (C(OH)–C–C–N with tert-alkyl or cyclic N) is 1. The molecule has 2 N–H and O–H groups in total. The number of rotatable bonds is 3. The molecule has 0 radical (unpaired) electrons. The molecule has 5 nitrogen and oxygen atoms in total. The average Bonchev–Trinajstić information content (AvgIpc) is 2.98. The van der Waals surface area contributed by atoms with Gasteiger partial charge in [0.1, 0.15) is 17.1 Å². The summed E-state index contributed by atoms with van der Waals surface area (Å²) < 4.78 is 13.8. The van der Waals surface area contributed by atoms with Crippen LogP contribution in [0.15, 0.2) is 24.4 Å². The van der Waals surface area contributed by atoms with E-state index in [2.05, 4.69) is 15.4 Å². The number of nitrogens with zero attached hydrogens (tertiary/aromatic N) is 3. The van der Waals surface area contributed by atoms with Crippen LogP contribution in [-0.2, 0) is 12.1 Å². The van der Waals surface area contributed by atoms with Gasteiger partial charge in [0, 0.05) is 23.7 Å². The molecule has 0 saturated carbocycles. The van der Waals surface area contributed by atoms with E-state index >= 15 is 0 Å². The lowest BCUT2D eigenvalue weighted by atomic mass is 9.90. The number of aliphatic hydroxyl groups is 1. The quantitative estimate of drug-likeness (QED) is 0.911. The second-order valence-corrected chi connectivity index (χ2v) is 5.87. The van der Waals surface area contributed by atoms with Gasteiger partial charge < -0.3 is 5.11 Å². The summed E-state index contributed by atoms with van der Waals surface area (Å²) >= 11 is 5.91. The molecular weight excluding hydrogens is 295 g/mol. The van der Waals surface area contributed by atoms with Gasteiger partial charge in [0.15, 0.2) is 0 Å². The van der Waals surface area contributed by atoms with Crippen molar-refractivity contribution in [1.82, 2.24) is 20.3 Å². The Balaban J connectivity index is 1.76. The molecule has 0 bridgehead atoms. The molecule has 1 aromatic carbocycles. The predicted molar refractivity (Wildman–Crippen MR) is 76.2 cm³/mol. The van der Waals surface area contributed by atoms with Gasteiger partial charge in [0.2, 0.25) is 0 Å². The highest BCUT2D eigenvalue weighted by Gasteiger charge is 2.37. The summed E-state index contributed by atoms with van der Waals surface area (Å²) in [5.41, 5.74) is 0.0194. The fourth-order valence-electron chi connectivity index (χ4n) is 2.80. The highest BCUT2D eigenvalue weighted by molar-refractivity contribution is 6.30. The lowest BCUT2D eigenvalue weighted by Gasteiger charge is -2.38. The van der Waals surface area contributed by atoms with E-state index < -0.39 is 5.60 Å². The van der Waals surface area contributed by atoms with Gasteiger partial charge in [0.05, 0.1) is 6.20 Å². The van der Waals surface area contributed by atoms with Crippen molar-refractivity contribution in [3.8, 4) is 0 Å². The van der Waals surface area contributed by atoms with Crippen LogP contribution in [0.1, 0.15) is 24.1 Å². The molecule has 1 aromatic heterocycles. The first-order valence-electron chi connectivity index (χ1n) is 6.82. The molecule has 0 unspecified atom stereocenters. The van der Waals surface area contributed by atoms with E-state index in [0.29, 0.717) is 35.8 Å². The standard InChI is InChI=1S/C14H16ClFN4O/c15-11-2-3-12(16)10(6-11)8-20-5-1-4-14(21,9-20)13-7-17-19-18-13/h2-3,6-7,21H,1,4-5,8-9H2,(H,17,18,19)/t14-/m1/s1. The Morgan fingerprint density at radius 3 is 3.10 bits per heavy atom. The largest absolute Gasteiger partial charge is 0.382 e. The van der Waals surface area contributed by atoms with Crippen molar-refractivity contribution in [1.29, 1.82) is 0 Å². The minimum absolute atomic E-state index is 0.282. The van der Waals surface area contributed by atoms with Gasteiger partial charge >= 0.3 is 0 Å². The Morgan fingerprint density at radius 1 is 1.48 bits per heavy atom. The van der Waals surface area contributed by atoms with E-state index in [-0.39, 0.29) is 5.82 Å². The zero-order chi connectivity index (χ0) is 14.9. The number of aromatic nitrogens is 3. The summed E-state index contributed by atoms with van der Waals surface area (Å²) in [7, 11) is 0. The number of nitrogens with one attached hydrogen (secondary N) is 1. The number of halogens is 2. The van der Waals surface area contributed by atoms with E-state index in [1.54, 1.807) is 6.07 Å². The smallest absolute Gasteiger partial charge is 0.127 e. The minimum atomic E-state index is -1.04. The van der Waals surface area contributed by atoms with Crippen LogP contribution >= 0.6 is 11.6 Å². The van der Waals surface area contributed by atoms with Crippen LogP contribution in [0.4, 0.5) is 4.39 Å². The molecule has 1 aliphatic heterocycles. The summed E-state index contributed by atoms with van der Waals surface area (Å²) in [4.78, 5) is 2.01. The number of H-pyrrole nitrogens is 1. The van der Waals surface area contributed by atoms with Crippen molar-refractivity contribution in [3.05, 3.63) is 46.5 Å². The zero-order valence-electron chi connectivity index (χ0n) is 11.4. The Hall–Kier alpha value is -1.50. The molecule has 0 aliphatic carbocycles. The molecule has 3 rings (SSSR count). The average molecular weight is 311 g/mol. The van der Waals surface area contributed by atoms with Crippen LogP contribution in [0.25, 0.3) is 0 Å². The van der Waals surface area contributed by atoms with E-state index in [9.17, 15) is 9.50 Å². The molecule has 1 saturated heterocycles. The Labute approximate surface area is 126 Å². The number of hydrogen-bond acceptors (Lipinski definition) is 4. The summed E-state index contributed by atoms with van der Waals surface area (Å²) in [5, 5.41) is 21.5. The third-order valence-electron chi connectivity index (χ3n) is 3.84. The molecule has 2 aromatic rings. The molecule has 0 amide bonds. The highest BCUT2D eigenvalue weighted by atomic mass is 35.5. The van der Waals surface area contributed by atoms with Crippen LogP contribution < -0.4 is 0 Å². The minimum Gasteiger partial charge on any atom is -0.382 e. The van der Waals surface area contributed by atoms with Crippen molar-refractivity contribution in [2.45, 2.75) is 25.0 Å². The van der Waals surface area contributed by atoms with E-state index in [0.717, 1.165) is 13.0 Å². The van der Waals surface area contributed by atoms with Gasteiger partial charge in [-0.2, -0.15) is 15.4 Å². The van der Waals surface area contributed by atoms with Gasteiger partial charge in [-0.25, -0.2) is 4.39 Å². The first-order chi connectivity index (χ1) is 10.1. The van der Waals surface area contributed by atoms with Crippen LogP contribution in [0.5, 0.6) is 0 Å². The topological polar surface area (TPSA) is 65.0 Å². The second kappa shape index (κ2) is 5.71. The molecule has 0 spiro atoms. The highest BCUT2D eigenvalue weighted by Crippen LogP contribution is 2.30. The summed E-state index contributed by atoms with van der Waals surface area (Å²) in [6.07, 6.45) is 2.96. The summed E-state index contributed by atoms with van der Waals surface area (Å²) in [5.74, 6) is -0.282. The van der Waals surface area contributed by atoms with Crippen molar-refractivity contribution in [2.24, 2.45) is 0 Å². The maximum Gasteiger partial charge on any atom is 0.127 e. The first kappa shape index (κ1) is 14.4. The van der Waals surface area contributed by atoms with Gasteiger partial charge in [0.25, 0.3) is 0 Å². The molecule has 7 heteroatoms. The molecular formula is C14H16ClFN4O. The van der Waals surface area contributed by atoms with Gasteiger partial charge in [-0.15, -0.1) is 0 Å². The Bertz CT molecular complexity index is 621. The first-order valence-corrected chi connectivity index (χ1v) is 7.19. The van der Waals surface area contributed by atoms with Gasteiger partial charge in [-0.05, 0) is 37.6 Å². The van der Waals surface area contributed by atoms with Crippen molar-refractivity contribution < 1.29 is 9.50 Å². The molecule has 112 valence electrons. The number of benzene rings is 1.